The second-order valence-electron chi connectivity index (χ2n) is 4.44. The molecule has 0 atom stereocenters. The smallest absolute Gasteiger partial charge is 0.331 e. The van der Waals surface area contributed by atoms with Gasteiger partial charge in [-0.25, -0.2) is 9.78 Å². The van der Waals surface area contributed by atoms with Crippen molar-refractivity contribution in [2.24, 2.45) is 0 Å². The zero-order valence-electron chi connectivity index (χ0n) is 12.7. The number of aromatic nitrogens is 1. The Morgan fingerprint density at radius 1 is 1.33 bits per heavy atom. The van der Waals surface area contributed by atoms with E-state index in [1.54, 1.807) is 11.5 Å². The number of rotatable bonds is 7. The molecule has 0 spiro atoms. The molecular weight excluding hydrogens is 352 g/mol. The van der Waals surface area contributed by atoms with Crippen LogP contribution in [0.5, 0.6) is 0 Å². The summed E-state index contributed by atoms with van der Waals surface area (Å²) in [5.41, 5.74) is 1.39. The largest absolute Gasteiger partial charge is 0.469 e. The van der Waals surface area contributed by atoms with E-state index in [0.29, 0.717) is 10.8 Å². The monoisotopic (exact) mass is 366 g/mol. The first-order valence-electron chi connectivity index (χ1n) is 6.75. The lowest BCUT2D eigenvalue weighted by molar-refractivity contribution is -0.142. The Bertz CT molecular complexity index is 737. The van der Waals surface area contributed by atoms with Crippen molar-refractivity contribution in [2.45, 2.75) is 6.42 Å². The average molecular weight is 366 g/mol. The number of hydrogen-bond donors (Lipinski definition) is 1. The summed E-state index contributed by atoms with van der Waals surface area (Å²) in [6.45, 7) is -0.418. The van der Waals surface area contributed by atoms with Gasteiger partial charge >= 0.3 is 11.9 Å². The van der Waals surface area contributed by atoms with E-state index >= 15 is 0 Å². The van der Waals surface area contributed by atoms with Crippen molar-refractivity contribution in [1.82, 2.24) is 4.98 Å². The standard InChI is InChI=1S/C15H14N2O5S2/c1-21-14(20)6-11-9-24-15(16-11)17-12(18)7-22-13(19)3-2-10-4-5-23-8-10/h2-5,8-9H,6-7H2,1H3,(H,16,17,18)/b3-2+. The zero-order valence-corrected chi connectivity index (χ0v) is 14.3. The van der Waals surface area contributed by atoms with E-state index in [1.165, 1.54) is 35.9 Å². The summed E-state index contributed by atoms with van der Waals surface area (Å²) in [6.07, 6.45) is 2.90. The summed E-state index contributed by atoms with van der Waals surface area (Å²) >= 11 is 2.68. The lowest BCUT2D eigenvalue weighted by atomic mass is 10.3. The van der Waals surface area contributed by atoms with Gasteiger partial charge in [0, 0.05) is 11.5 Å². The van der Waals surface area contributed by atoms with Gasteiger partial charge < -0.3 is 9.47 Å². The second-order valence-corrected chi connectivity index (χ2v) is 6.08. The molecular formula is C15H14N2O5S2. The number of methoxy groups -OCH3 is 1. The van der Waals surface area contributed by atoms with E-state index < -0.39 is 24.5 Å². The third-order valence-electron chi connectivity index (χ3n) is 2.65. The minimum absolute atomic E-state index is 0.0330. The highest BCUT2D eigenvalue weighted by Gasteiger charge is 2.11. The number of nitrogens with zero attached hydrogens (tertiary/aromatic N) is 1. The molecule has 24 heavy (non-hydrogen) atoms. The fourth-order valence-electron chi connectivity index (χ4n) is 1.54. The molecule has 2 rings (SSSR count). The molecule has 0 aliphatic heterocycles. The number of carbonyl (C=O) groups excluding carboxylic acids is 3. The Kier molecular flexibility index (Phi) is 6.64. The number of hydrogen-bond acceptors (Lipinski definition) is 8. The Hall–Kier alpha value is -2.52. The van der Waals surface area contributed by atoms with Crippen molar-refractivity contribution in [1.29, 1.82) is 0 Å². The molecule has 1 amide bonds. The van der Waals surface area contributed by atoms with Gasteiger partial charge in [0.1, 0.15) is 0 Å². The number of thiazole rings is 1. The highest BCUT2D eigenvalue weighted by molar-refractivity contribution is 7.14. The van der Waals surface area contributed by atoms with E-state index in [4.69, 9.17) is 4.74 Å². The molecule has 9 heteroatoms. The summed E-state index contributed by atoms with van der Waals surface area (Å²) in [4.78, 5) is 38.4. The van der Waals surface area contributed by atoms with Crippen LogP contribution in [0.15, 0.2) is 28.3 Å². The molecule has 0 aromatic carbocycles. The van der Waals surface area contributed by atoms with Gasteiger partial charge in [-0.05, 0) is 28.5 Å². The third-order valence-corrected chi connectivity index (χ3v) is 4.16. The van der Waals surface area contributed by atoms with Crippen LogP contribution in [0, 0.1) is 0 Å². The van der Waals surface area contributed by atoms with Gasteiger partial charge in [-0.2, -0.15) is 11.3 Å². The molecule has 2 aromatic rings. The molecule has 0 unspecified atom stereocenters. The highest BCUT2D eigenvalue weighted by Crippen LogP contribution is 2.16. The molecule has 0 saturated carbocycles. The van der Waals surface area contributed by atoms with Gasteiger partial charge in [0.2, 0.25) is 0 Å². The molecule has 0 fully saturated rings. The molecule has 2 heterocycles. The van der Waals surface area contributed by atoms with E-state index in [0.717, 1.165) is 5.56 Å². The maximum atomic E-state index is 11.7. The van der Waals surface area contributed by atoms with Crippen LogP contribution in [0.25, 0.3) is 6.08 Å². The van der Waals surface area contributed by atoms with Crippen molar-refractivity contribution in [3.8, 4) is 0 Å². The molecule has 0 bridgehead atoms. The van der Waals surface area contributed by atoms with Crippen LogP contribution in [0.2, 0.25) is 0 Å². The van der Waals surface area contributed by atoms with Crippen LogP contribution < -0.4 is 5.32 Å². The Labute approximate surface area is 145 Å². The fraction of sp³-hybridized carbons (Fsp3) is 0.200. The topological polar surface area (TPSA) is 94.6 Å². The Morgan fingerprint density at radius 2 is 2.17 bits per heavy atom. The predicted molar refractivity (Wildman–Crippen MR) is 90.8 cm³/mol. The van der Waals surface area contributed by atoms with Crippen molar-refractivity contribution in [2.75, 3.05) is 19.0 Å². The molecule has 2 aromatic heterocycles. The predicted octanol–water partition coefficient (Wildman–Crippen LogP) is 2.12. The van der Waals surface area contributed by atoms with Gasteiger partial charge in [-0.15, -0.1) is 11.3 Å². The Balaban J connectivity index is 1.75. The van der Waals surface area contributed by atoms with Crippen LogP contribution in [0.1, 0.15) is 11.3 Å². The molecule has 0 aliphatic rings. The summed E-state index contributed by atoms with van der Waals surface area (Å²) in [6, 6.07) is 1.86. The average Bonchev–Trinajstić information content (AvgIpc) is 3.23. The second kappa shape index (κ2) is 8.94. The quantitative estimate of drug-likeness (QED) is 0.596. The number of thiophene rings is 1. The molecule has 0 saturated heterocycles. The van der Waals surface area contributed by atoms with Gasteiger partial charge in [0.25, 0.3) is 5.91 Å². The fourth-order valence-corrected chi connectivity index (χ4v) is 2.89. The molecule has 0 radical (unpaired) electrons. The lowest BCUT2D eigenvalue weighted by Crippen LogP contribution is -2.20. The minimum atomic E-state index is -0.609. The summed E-state index contributed by atoms with van der Waals surface area (Å²) in [7, 11) is 1.29. The molecule has 7 nitrogen and oxygen atoms in total. The van der Waals surface area contributed by atoms with Crippen LogP contribution in [0.3, 0.4) is 0 Å². The van der Waals surface area contributed by atoms with E-state index in [-0.39, 0.29) is 6.42 Å². The number of nitrogens with one attached hydrogen (secondary N) is 1. The maximum absolute atomic E-state index is 11.7. The summed E-state index contributed by atoms with van der Waals surface area (Å²) in [5, 5.41) is 8.23. The number of amides is 1. The van der Waals surface area contributed by atoms with E-state index in [2.05, 4.69) is 15.0 Å². The van der Waals surface area contributed by atoms with Crippen LogP contribution >= 0.6 is 22.7 Å². The summed E-state index contributed by atoms with van der Waals surface area (Å²) in [5.74, 6) is -1.53. The van der Waals surface area contributed by atoms with Crippen LogP contribution in [-0.2, 0) is 30.3 Å². The van der Waals surface area contributed by atoms with Crippen molar-refractivity contribution in [3.05, 3.63) is 39.5 Å². The van der Waals surface area contributed by atoms with Crippen LogP contribution in [0.4, 0.5) is 5.13 Å². The van der Waals surface area contributed by atoms with Crippen molar-refractivity contribution >= 4 is 51.7 Å². The first kappa shape index (κ1) is 17.8. The van der Waals surface area contributed by atoms with Gasteiger partial charge in [0.05, 0.1) is 19.2 Å². The lowest BCUT2D eigenvalue weighted by Gasteiger charge is -2.02. The number of anilines is 1. The van der Waals surface area contributed by atoms with Gasteiger partial charge in [-0.1, -0.05) is 0 Å². The Morgan fingerprint density at radius 3 is 2.88 bits per heavy atom. The van der Waals surface area contributed by atoms with Crippen molar-refractivity contribution < 1.29 is 23.9 Å². The van der Waals surface area contributed by atoms with Crippen LogP contribution in [-0.4, -0.2) is 36.5 Å². The highest BCUT2D eigenvalue weighted by atomic mass is 32.1. The summed E-state index contributed by atoms with van der Waals surface area (Å²) < 4.78 is 9.37. The van der Waals surface area contributed by atoms with Gasteiger partial charge in [0.15, 0.2) is 11.7 Å². The number of esters is 2. The number of ether oxygens (including phenoxy) is 2. The van der Waals surface area contributed by atoms with E-state index in [1.807, 2.05) is 16.8 Å². The first-order valence-corrected chi connectivity index (χ1v) is 8.57. The first-order chi connectivity index (χ1) is 11.6. The normalized spacial score (nSPS) is 10.5. The maximum Gasteiger partial charge on any atom is 0.331 e. The molecule has 126 valence electrons. The zero-order chi connectivity index (χ0) is 17.4. The SMILES string of the molecule is COC(=O)Cc1csc(NC(=O)COC(=O)/C=C/c2ccsc2)n1. The molecule has 1 N–H and O–H groups in total. The van der Waals surface area contributed by atoms with Crippen molar-refractivity contribution in [3.63, 3.8) is 0 Å². The van der Waals surface area contributed by atoms with Gasteiger partial charge in [-0.3, -0.25) is 14.9 Å². The molecule has 0 aliphatic carbocycles. The minimum Gasteiger partial charge on any atom is -0.469 e. The number of carbonyl (C=O) groups is 3. The van der Waals surface area contributed by atoms with E-state index in [9.17, 15) is 14.4 Å². The third kappa shape index (κ3) is 5.94.